The van der Waals surface area contributed by atoms with E-state index >= 15 is 0 Å². The summed E-state index contributed by atoms with van der Waals surface area (Å²) < 4.78 is 48.4. The highest BCUT2D eigenvalue weighted by Crippen LogP contribution is 2.40. The number of hydrogen-bond acceptors (Lipinski definition) is 8. The summed E-state index contributed by atoms with van der Waals surface area (Å²) in [5.41, 5.74) is 2.96. The molecule has 10 nitrogen and oxygen atoms in total. The van der Waals surface area contributed by atoms with E-state index in [1.54, 1.807) is 47.8 Å². The number of likely N-dealkylation sites (tertiary alicyclic amines) is 1. The van der Waals surface area contributed by atoms with Gasteiger partial charge < -0.3 is 9.64 Å². The first-order chi connectivity index (χ1) is 23.4. The van der Waals surface area contributed by atoms with E-state index in [4.69, 9.17) is 4.74 Å². The number of carbonyl (C=O) groups excluding carboxylic acids is 1. The maximum absolute atomic E-state index is 14.7. The predicted molar refractivity (Wildman–Crippen MR) is 186 cm³/mol. The second-order valence-electron chi connectivity index (χ2n) is 14.2. The topological polar surface area (TPSA) is 99.2 Å². The van der Waals surface area contributed by atoms with Crippen molar-refractivity contribution in [2.24, 2.45) is 5.92 Å². The lowest BCUT2D eigenvalue weighted by Gasteiger charge is -2.54. The van der Waals surface area contributed by atoms with Crippen molar-refractivity contribution >= 4 is 15.9 Å². The van der Waals surface area contributed by atoms with Crippen molar-refractivity contribution in [2.75, 3.05) is 52.9 Å². The molecule has 3 saturated heterocycles. The molecular formula is C37H49FN6O4S. The number of ether oxygens (including phenoxy) is 1. The van der Waals surface area contributed by atoms with E-state index in [0.717, 1.165) is 38.0 Å². The molecule has 4 heterocycles. The van der Waals surface area contributed by atoms with Crippen LogP contribution in [0.25, 0.3) is 0 Å². The van der Waals surface area contributed by atoms with Crippen LogP contribution in [-0.2, 0) is 10.0 Å². The van der Waals surface area contributed by atoms with E-state index in [-0.39, 0.29) is 40.2 Å². The van der Waals surface area contributed by atoms with E-state index in [2.05, 4.69) is 33.6 Å². The number of piperidine rings is 2. The van der Waals surface area contributed by atoms with Crippen molar-refractivity contribution < 1.29 is 22.3 Å². The quantitative estimate of drug-likeness (QED) is 0.323. The Morgan fingerprint density at radius 3 is 2.20 bits per heavy atom. The van der Waals surface area contributed by atoms with E-state index in [1.807, 2.05) is 24.8 Å². The number of nitrogens with zero attached hydrogens (tertiary/aromatic N) is 6. The number of sulfonamides is 1. The molecule has 2 aromatic carbocycles. The van der Waals surface area contributed by atoms with Crippen molar-refractivity contribution in [1.82, 2.24) is 29.0 Å². The van der Waals surface area contributed by atoms with Gasteiger partial charge in [-0.25, -0.2) is 22.8 Å². The standard InChI is InChI=1S/C37H49FN6O4S/c1-26-24-42(37(4)15-19-41(20-16-37)36(45)34-27(2)39-25-40-28(34)3)21-22-44(26)35(30-7-6-8-31(38)23-30)29-13-17-43(18-14-29)49(46,47)33-11-9-32(48-5)10-12-33/h6-12,23,25-26,29,35H,13-22,24H2,1-5H3/t26-,35+/m0/s1. The average molecular weight is 693 g/mol. The summed E-state index contributed by atoms with van der Waals surface area (Å²) in [5, 5.41) is 0. The molecule has 0 unspecified atom stereocenters. The Bertz CT molecular complexity index is 1720. The molecule has 3 aromatic rings. The largest absolute Gasteiger partial charge is 0.497 e. The zero-order valence-corrected chi connectivity index (χ0v) is 30.1. The molecule has 1 amide bonds. The molecule has 1 aromatic heterocycles. The van der Waals surface area contributed by atoms with Gasteiger partial charge in [0.15, 0.2) is 0 Å². The monoisotopic (exact) mass is 692 g/mol. The molecule has 0 spiro atoms. The Kier molecular flexibility index (Phi) is 10.4. The van der Waals surface area contributed by atoms with Crippen LogP contribution in [0.1, 0.15) is 72.9 Å². The van der Waals surface area contributed by atoms with Crippen LogP contribution in [-0.4, -0.2) is 108 Å². The summed E-state index contributed by atoms with van der Waals surface area (Å²) >= 11 is 0. The highest BCUT2D eigenvalue weighted by molar-refractivity contribution is 7.89. The first kappa shape index (κ1) is 35.4. The average Bonchev–Trinajstić information content (AvgIpc) is 3.09. The summed E-state index contributed by atoms with van der Waals surface area (Å²) in [7, 11) is -2.08. The Balaban J connectivity index is 1.13. The number of aromatic nitrogens is 2. The van der Waals surface area contributed by atoms with Crippen molar-refractivity contribution in [3.63, 3.8) is 0 Å². The van der Waals surface area contributed by atoms with Gasteiger partial charge in [-0.05, 0) is 101 Å². The van der Waals surface area contributed by atoms with Crippen LogP contribution in [0.3, 0.4) is 0 Å². The lowest BCUT2D eigenvalue weighted by Crippen LogP contribution is -2.63. The SMILES string of the molecule is COc1ccc(S(=O)(=O)N2CCC([C@H](c3cccc(F)c3)N3CCN(C4(C)CCN(C(=O)c5c(C)ncnc5C)CC4)C[C@@H]3C)CC2)cc1. The maximum atomic E-state index is 14.7. The molecule has 0 aliphatic carbocycles. The maximum Gasteiger partial charge on any atom is 0.257 e. The smallest absolute Gasteiger partial charge is 0.257 e. The summed E-state index contributed by atoms with van der Waals surface area (Å²) in [6, 6.07) is 13.6. The number of halogens is 1. The fourth-order valence-corrected chi connectivity index (χ4v) is 9.67. The van der Waals surface area contributed by atoms with Gasteiger partial charge in [0.05, 0.1) is 29.0 Å². The van der Waals surface area contributed by atoms with Crippen LogP contribution >= 0.6 is 0 Å². The minimum absolute atomic E-state index is 0.0108. The fraction of sp³-hybridized carbons (Fsp3) is 0.541. The van der Waals surface area contributed by atoms with E-state index in [0.29, 0.717) is 61.7 Å². The molecule has 0 bridgehead atoms. The van der Waals surface area contributed by atoms with Crippen LogP contribution in [0, 0.1) is 25.6 Å². The van der Waals surface area contributed by atoms with Gasteiger partial charge in [0.1, 0.15) is 17.9 Å². The number of piperazine rings is 1. The highest BCUT2D eigenvalue weighted by Gasteiger charge is 2.43. The number of amides is 1. The third kappa shape index (κ3) is 7.24. The van der Waals surface area contributed by atoms with Gasteiger partial charge in [-0.2, -0.15) is 4.31 Å². The Labute approximate surface area is 290 Å². The molecule has 12 heteroatoms. The van der Waals surface area contributed by atoms with Gasteiger partial charge in [-0.1, -0.05) is 12.1 Å². The number of benzene rings is 2. The third-order valence-corrected chi connectivity index (χ3v) is 13.1. The molecule has 3 aliphatic rings. The molecule has 3 fully saturated rings. The van der Waals surface area contributed by atoms with E-state index in [1.165, 1.54) is 12.4 Å². The van der Waals surface area contributed by atoms with E-state index in [9.17, 15) is 17.6 Å². The summed E-state index contributed by atoms with van der Waals surface area (Å²) in [5.74, 6) is 0.547. The first-order valence-corrected chi connectivity index (χ1v) is 18.8. The summed E-state index contributed by atoms with van der Waals surface area (Å²) in [6.45, 7) is 13.1. The lowest BCUT2D eigenvalue weighted by molar-refractivity contribution is -0.0422. The van der Waals surface area contributed by atoms with Crippen molar-refractivity contribution in [1.29, 1.82) is 0 Å². The minimum Gasteiger partial charge on any atom is -0.497 e. The van der Waals surface area contributed by atoms with Crippen LogP contribution in [0.2, 0.25) is 0 Å². The summed E-state index contributed by atoms with van der Waals surface area (Å²) in [4.78, 5) is 29.3. The fourth-order valence-electron chi connectivity index (χ4n) is 8.20. The Morgan fingerprint density at radius 2 is 1.61 bits per heavy atom. The normalized spacial score (nSPS) is 22.2. The molecule has 264 valence electrons. The second-order valence-corrected chi connectivity index (χ2v) is 16.1. The zero-order valence-electron chi connectivity index (χ0n) is 29.3. The molecule has 49 heavy (non-hydrogen) atoms. The Hall–Kier alpha value is -3.45. The number of rotatable bonds is 8. The van der Waals surface area contributed by atoms with Crippen LogP contribution in [0.15, 0.2) is 59.8 Å². The lowest BCUT2D eigenvalue weighted by atomic mass is 9.82. The first-order valence-electron chi connectivity index (χ1n) is 17.4. The molecule has 0 saturated carbocycles. The predicted octanol–water partition coefficient (Wildman–Crippen LogP) is 5.08. The second kappa shape index (κ2) is 14.4. The van der Waals surface area contributed by atoms with Crippen LogP contribution in [0.4, 0.5) is 4.39 Å². The van der Waals surface area contributed by atoms with Crippen LogP contribution < -0.4 is 4.74 Å². The van der Waals surface area contributed by atoms with Gasteiger partial charge in [0.2, 0.25) is 10.0 Å². The number of aryl methyl sites for hydroxylation is 2. The summed E-state index contributed by atoms with van der Waals surface area (Å²) in [6.07, 6.45) is 4.65. The zero-order chi connectivity index (χ0) is 34.9. The minimum atomic E-state index is -3.63. The van der Waals surface area contributed by atoms with Gasteiger partial charge in [0.25, 0.3) is 5.91 Å². The molecular weight excluding hydrogens is 644 g/mol. The molecule has 2 atom stereocenters. The van der Waals surface area contributed by atoms with Gasteiger partial charge >= 0.3 is 0 Å². The molecule has 0 radical (unpaired) electrons. The van der Waals surface area contributed by atoms with Crippen molar-refractivity contribution in [3.8, 4) is 5.75 Å². The number of hydrogen-bond donors (Lipinski definition) is 0. The van der Waals surface area contributed by atoms with Gasteiger partial charge in [-0.15, -0.1) is 0 Å². The highest BCUT2D eigenvalue weighted by atomic mass is 32.2. The number of carbonyl (C=O) groups is 1. The van der Waals surface area contributed by atoms with Crippen molar-refractivity contribution in [2.45, 2.75) is 75.9 Å². The molecule has 3 aliphatic heterocycles. The third-order valence-electron chi connectivity index (χ3n) is 11.2. The van der Waals surface area contributed by atoms with E-state index < -0.39 is 10.0 Å². The van der Waals surface area contributed by atoms with Crippen LogP contribution in [0.5, 0.6) is 5.75 Å². The Morgan fingerprint density at radius 1 is 0.959 bits per heavy atom. The van der Waals surface area contributed by atoms with Gasteiger partial charge in [-0.3, -0.25) is 14.6 Å². The molecule has 0 N–H and O–H groups in total. The molecule has 6 rings (SSSR count). The van der Waals surface area contributed by atoms with Crippen molar-refractivity contribution in [3.05, 3.63) is 83.2 Å². The van der Waals surface area contributed by atoms with Gasteiger partial charge in [0, 0.05) is 63.4 Å². The number of methoxy groups -OCH3 is 1.